The first-order chi connectivity index (χ1) is 30.8. The summed E-state index contributed by atoms with van der Waals surface area (Å²) in [6.07, 6.45) is 43.1. The zero-order chi connectivity index (χ0) is 46.0. The standard InChI is InChI=1S/C54H105NO8/c1-3-5-7-9-11-13-15-17-18-19-20-21-22-23-24-25-26-27-28-29-30-32-34-36-38-40-42-50(58)55-46(43-44-48-52(60)54(62)53(61)49(45-56)63-48)51(59)47(57)41-39-37-35-33-31-16-14-12-10-8-6-4-2/h27-28,46-49,51-54,56-57,59-62H,3-26,29-45H2,1-2H3,(H,55,58)/b28-27+/t46-,47+,48+,49?,51-,52?,53-,54+/m0/s1. The number of rotatable bonds is 46. The van der Waals surface area contributed by atoms with Gasteiger partial charge >= 0.3 is 0 Å². The van der Waals surface area contributed by atoms with E-state index in [-0.39, 0.29) is 18.7 Å². The Balaban J connectivity index is 2.24. The van der Waals surface area contributed by atoms with E-state index in [0.717, 1.165) is 51.4 Å². The Kier molecular flexibility index (Phi) is 41.4. The van der Waals surface area contributed by atoms with E-state index in [9.17, 15) is 35.4 Å². The van der Waals surface area contributed by atoms with Gasteiger partial charge in [-0.3, -0.25) is 4.79 Å². The van der Waals surface area contributed by atoms with Crippen LogP contribution in [0, 0.1) is 0 Å². The number of aliphatic hydroxyl groups excluding tert-OH is 6. The molecule has 63 heavy (non-hydrogen) atoms. The third-order valence-electron chi connectivity index (χ3n) is 13.7. The molecule has 2 unspecified atom stereocenters. The van der Waals surface area contributed by atoms with Crippen molar-refractivity contribution in [2.45, 2.75) is 319 Å². The lowest BCUT2D eigenvalue weighted by molar-refractivity contribution is -0.231. The number of unbranched alkanes of at least 4 members (excludes halogenated alkanes) is 33. The Labute approximate surface area is 388 Å². The molecule has 9 nitrogen and oxygen atoms in total. The Hall–Kier alpha value is -1.07. The summed E-state index contributed by atoms with van der Waals surface area (Å²) in [4.78, 5) is 13.1. The molecule has 0 aliphatic carbocycles. The molecular formula is C54H105NO8. The van der Waals surface area contributed by atoms with Gasteiger partial charge in [0.1, 0.15) is 24.4 Å². The molecule has 9 heteroatoms. The summed E-state index contributed by atoms with van der Waals surface area (Å²) >= 11 is 0. The van der Waals surface area contributed by atoms with E-state index in [1.54, 1.807) is 0 Å². The number of carbonyl (C=O) groups excluding carboxylic acids is 1. The highest BCUT2D eigenvalue weighted by atomic mass is 16.5. The molecule has 374 valence electrons. The van der Waals surface area contributed by atoms with Crippen LogP contribution in [-0.2, 0) is 9.53 Å². The minimum Gasteiger partial charge on any atom is -0.394 e. The molecule has 1 aliphatic heterocycles. The van der Waals surface area contributed by atoms with E-state index in [1.807, 2.05) is 0 Å². The monoisotopic (exact) mass is 896 g/mol. The van der Waals surface area contributed by atoms with Crippen LogP contribution in [0.25, 0.3) is 0 Å². The number of carbonyl (C=O) groups is 1. The van der Waals surface area contributed by atoms with Gasteiger partial charge in [-0.25, -0.2) is 0 Å². The highest BCUT2D eigenvalue weighted by Gasteiger charge is 2.43. The molecule has 1 heterocycles. The largest absolute Gasteiger partial charge is 0.394 e. The molecule has 0 saturated carbocycles. The number of amides is 1. The van der Waals surface area contributed by atoms with Crippen LogP contribution in [0.1, 0.15) is 271 Å². The first-order valence-corrected chi connectivity index (χ1v) is 27.4. The third kappa shape index (κ3) is 33.1. The van der Waals surface area contributed by atoms with Crippen molar-refractivity contribution >= 4 is 5.91 Å². The Morgan fingerprint density at radius 3 is 1.27 bits per heavy atom. The average molecular weight is 896 g/mol. The van der Waals surface area contributed by atoms with Crippen LogP contribution in [-0.4, -0.2) is 91.9 Å². The first-order valence-electron chi connectivity index (χ1n) is 27.4. The van der Waals surface area contributed by atoms with Crippen LogP contribution in [0.4, 0.5) is 0 Å². The van der Waals surface area contributed by atoms with E-state index < -0.39 is 55.4 Å². The molecule has 0 aromatic heterocycles. The molecular weight excluding hydrogens is 791 g/mol. The lowest BCUT2D eigenvalue weighted by Crippen LogP contribution is -2.59. The second kappa shape index (κ2) is 43.5. The fourth-order valence-corrected chi connectivity index (χ4v) is 9.30. The summed E-state index contributed by atoms with van der Waals surface area (Å²) in [5, 5.41) is 65.9. The van der Waals surface area contributed by atoms with Gasteiger partial charge in [-0.05, 0) is 51.4 Å². The second-order valence-corrected chi connectivity index (χ2v) is 19.6. The van der Waals surface area contributed by atoms with Crippen LogP contribution in [0.5, 0.6) is 0 Å². The van der Waals surface area contributed by atoms with Gasteiger partial charge in [0.25, 0.3) is 0 Å². The minimum atomic E-state index is -1.48. The summed E-state index contributed by atoms with van der Waals surface area (Å²) in [5.41, 5.74) is 0. The molecule has 1 aliphatic rings. The zero-order valence-electron chi connectivity index (χ0n) is 41.3. The molecule has 1 rings (SSSR count). The van der Waals surface area contributed by atoms with Gasteiger partial charge in [-0.1, -0.05) is 225 Å². The Morgan fingerprint density at radius 2 is 0.857 bits per heavy atom. The number of nitrogens with one attached hydrogen (secondary N) is 1. The van der Waals surface area contributed by atoms with Crippen molar-refractivity contribution in [3.8, 4) is 0 Å². The van der Waals surface area contributed by atoms with Crippen molar-refractivity contribution in [2.24, 2.45) is 0 Å². The van der Waals surface area contributed by atoms with Crippen molar-refractivity contribution in [1.29, 1.82) is 0 Å². The molecule has 0 aromatic carbocycles. The van der Waals surface area contributed by atoms with Crippen molar-refractivity contribution in [1.82, 2.24) is 5.32 Å². The number of aliphatic hydroxyl groups is 6. The van der Waals surface area contributed by atoms with E-state index in [0.29, 0.717) is 12.8 Å². The SMILES string of the molecule is CCCCCCCCCCCCCCCCCC/C=C/CCCCCCCCC(=O)N[C@@H](CC[C@H]1OC(CO)[C@H](O)[C@H](O)C1O)[C@H](O)[C@H](O)CCCCCCCCCCCCCC. The maximum Gasteiger partial charge on any atom is 0.220 e. The number of allylic oxidation sites excluding steroid dienone is 2. The average Bonchev–Trinajstić information content (AvgIpc) is 3.28. The second-order valence-electron chi connectivity index (χ2n) is 19.6. The Bertz CT molecular complexity index is 1010. The quantitative estimate of drug-likeness (QED) is 0.0235. The topological polar surface area (TPSA) is 160 Å². The van der Waals surface area contributed by atoms with Gasteiger partial charge in [0.05, 0.1) is 31.0 Å². The predicted octanol–water partition coefficient (Wildman–Crippen LogP) is 12.2. The number of hydrogen-bond acceptors (Lipinski definition) is 8. The van der Waals surface area contributed by atoms with E-state index in [2.05, 4.69) is 31.3 Å². The molecule has 0 aromatic rings. The van der Waals surface area contributed by atoms with Crippen LogP contribution in [0.3, 0.4) is 0 Å². The summed E-state index contributed by atoms with van der Waals surface area (Å²) in [5.74, 6) is -0.181. The fourth-order valence-electron chi connectivity index (χ4n) is 9.30. The summed E-state index contributed by atoms with van der Waals surface area (Å²) in [6, 6.07) is -0.769. The van der Waals surface area contributed by atoms with Crippen molar-refractivity contribution in [3.63, 3.8) is 0 Å². The zero-order valence-corrected chi connectivity index (χ0v) is 41.3. The minimum absolute atomic E-state index is 0.156. The maximum absolute atomic E-state index is 13.1. The fraction of sp³-hybridized carbons (Fsp3) is 0.944. The molecule has 1 saturated heterocycles. The van der Waals surface area contributed by atoms with Gasteiger partial charge < -0.3 is 40.7 Å². The lowest BCUT2D eigenvalue weighted by Gasteiger charge is -2.40. The van der Waals surface area contributed by atoms with Crippen molar-refractivity contribution in [3.05, 3.63) is 12.2 Å². The Morgan fingerprint density at radius 1 is 0.492 bits per heavy atom. The van der Waals surface area contributed by atoms with Crippen LogP contribution in [0.15, 0.2) is 12.2 Å². The van der Waals surface area contributed by atoms with Gasteiger partial charge in [-0.2, -0.15) is 0 Å². The summed E-state index contributed by atoms with van der Waals surface area (Å²) < 4.78 is 5.69. The van der Waals surface area contributed by atoms with E-state index >= 15 is 0 Å². The van der Waals surface area contributed by atoms with Gasteiger partial charge in [0, 0.05) is 6.42 Å². The molecule has 0 radical (unpaired) electrons. The normalized spacial score (nSPS) is 20.7. The van der Waals surface area contributed by atoms with Gasteiger partial charge in [-0.15, -0.1) is 0 Å². The van der Waals surface area contributed by atoms with Crippen LogP contribution in [0.2, 0.25) is 0 Å². The lowest BCUT2D eigenvalue weighted by atomic mass is 9.90. The van der Waals surface area contributed by atoms with Gasteiger partial charge in [0.2, 0.25) is 5.91 Å². The van der Waals surface area contributed by atoms with Gasteiger partial charge in [0.15, 0.2) is 0 Å². The molecule has 8 atom stereocenters. The predicted molar refractivity (Wildman–Crippen MR) is 263 cm³/mol. The van der Waals surface area contributed by atoms with Crippen molar-refractivity contribution < 1.29 is 40.2 Å². The molecule has 0 bridgehead atoms. The van der Waals surface area contributed by atoms with Crippen LogP contribution < -0.4 is 5.32 Å². The van der Waals surface area contributed by atoms with Crippen molar-refractivity contribution in [2.75, 3.05) is 6.61 Å². The highest BCUT2D eigenvalue weighted by molar-refractivity contribution is 5.76. The smallest absolute Gasteiger partial charge is 0.220 e. The first kappa shape index (κ1) is 59.9. The molecule has 7 N–H and O–H groups in total. The molecule has 1 fully saturated rings. The maximum atomic E-state index is 13.1. The molecule has 1 amide bonds. The highest BCUT2D eigenvalue weighted by Crippen LogP contribution is 2.26. The third-order valence-corrected chi connectivity index (χ3v) is 13.7. The number of hydrogen-bond donors (Lipinski definition) is 7. The van der Waals surface area contributed by atoms with E-state index in [4.69, 9.17) is 4.74 Å². The number of ether oxygens (including phenoxy) is 1. The van der Waals surface area contributed by atoms with Crippen LogP contribution >= 0.6 is 0 Å². The summed E-state index contributed by atoms with van der Waals surface area (Å²) in [6.45, 7) is 4.02. The summed E-state index contributed by atoms with van der Waals surface area (Å²) in [7, 11) is 0. The molecule has 0 spiro atoms. The van der Waals surface area contributed by atoms with E-state index in [1.165, 1.54) is 180 Å².